The fourth-order valence-electron chi connectivity index (χ4n) is 3.37. The summed E-state index contributed by atoms with van der Waals surface area (Å²) in [5.41, 5.74) is 0. The monoisotopic (exact) mass is 283 g/mol. The predicted molar refractivity (Wildman–Crippen MR) is 74.2 cm³/mol. The third-order valence-corrected chi connectivity index (χ3v) is 4.66. The lowest BCUT2D eigenvalue weighted by atomic mass is 9.85. The number of hydrogen-bond acceptors (Lipinski definition) is 3. The molecule has 3 atom stereocenters. The van der Waals surface area contributed by atoms with Crippen LogP contribution in [0.15, 0.2) is 0 Å². The van der Waals surface area contributed by atoms with Gasteiger partial charge in [0.1, 0.15) is 6.04 Å². The second kappa shape index (κ2) is 7.07. The maximum atomic E-state index is 12.1. The molecule has 5 heteroatoms. The lowest BCUT2D eigenvalue weighted by Crippen LogP contribution is -2.42. The van der Waals surface area contributed by atoms with Crippen LogP contribution in [0.2, 0.25) is 0 Å². The molecule has 114 valence electrons. The Labute approximate surface area is 120 Å². The van der Waals surface area contributed by atoms with E-state index < -0.39 is 12.0 Å². The molecule has 0 aromatic rings. The van der Waals surface area contributed by atoms with Crippen molar-refractivity contribution in [2.45, 2.75) is 51.0 Å². The van der Waals surface area contributed by atoms with Gasteiger partial charge >= 0.3 is 5.97 Å². The minimum Gasteiger partial charge on any atom is -0.480 e. The molecule has 0 aromatic carbocycles. The summed E-state index contributed by atoms with van der Waals surface area (Å²) in [7, 11) is 1.53. The Hall–Kier alpha value is -1.10. The van der Waals surface area contributed by atoms with E-state index in [0.29, 0.717) is 24.9 Å². The van der Waals surface area contributed by atoms with Crippen molar-refractivity contribution in [1.29, 1.82) is 0 Å². The third kappa shape index (κ3) is 3.95. The summed E-state index contributed by atoms with van der Waals surface area (Å²) in [6.07, 6.45) is 7.60. The Morgan fingerprint density at radius 3 is 2.60 bits per heavy atom. The van der Waals surface area contributed by atoms with Crippen molar-refractivity contribution in [2.75, 3.05) is 13.7 Å². The molecular weight excluding hydrogens is 258 g/mol. The van der Waals surface area contributed by atoms with E-state index in [2.05, 4.69) is 5.32 Å². The zero-order chi connectivity index (χ0) is 14.5. The minimum absolute atomic E-state index is 0.0440. The Balaban J connectivity index is 1.78. The number of amides is 1. The maximum Gasteiger partial charge on any atom is 0.326 e. The molecule has 0 spiro atoms. The van der Waals surface area contributed by atoms with Gasteiger partial charge in [-0.05, 0) is 18.3 Å². The fraction of sp³-hybridized carbons (Fsp3) is 0.867. The smallest absolute Gasteiger partial charge is 0.326 e. The number of ether oxygens (including phenoxy) is 1. The molecule has 0 saturated heterocycles. The summed E-state index contributed by atoms with van der Waals surface area (Å²) in [4.78, 5) is 23.2. The number of carboxylic acid groups (broad SMARTS) is 1. The lowest BCUT2D eigenvalue weighted by molar-refractivity contribution is -0.142. The van der Waals surface area contributed by atoms with Crippen LogP contribution in [0.25, 0.3) is 0 Å². The van der Waals surface area contributed by atoms with Gasteiger partial charge in [0.05, 0.1) is 0 Å². The molecule has 0 bridgehead atoms. The SMILES string of the molecule is COCCC(NC(=O)C1CC1C1CCCCC1)C(=O)O. The van der Waals surface area contributed by atoms with Gasteiger partial charge in [0, 0.05) is 26.1 Å². The van der Waals surface area contributed by atoms with Crippen LogP contribution in [0.5, 0.6) is 0 Å². The van der Waals surface area contributed by atoms with Crippen LogP contribution in [0.3, 0.4) is 0 Å². The lowest BCUT2D eigenvalue weighted by Gasteiger charge is -2.21. The van der Waals surface area contributed by atoms with Crippen LogP contribution < -0.4 is 5.32 Å². The van der Waals surface area contributed by atoms with Crippen LogP contribution in [0, 0.1) is 17.8 Å². The van der Waals surface area contributed by atoms with Gasteiger partial charge in [-0.1, -0.05) is 32.1 Å². The first-order valence-electron chi connectivity index (χ1n) is 7.65. The fourth-order valence-corrected chi connectivity index (χ4v) is 3.37. The van der Waals surface area contributed by atoms with Crippen molar-refractivity contribution in [3.63, 3.8) is 0 Å². The molecule has 2 N–H and O–H groups in total. The average Bonchev–Trinajstić information content (AvgIpc) is 3.24. The Bertz CT molecular complexity index is 352. The highest BCUT2D eigenvalue weighted by Crippen LogP contribution is 2.49. The molecule has 2 rings (SSSR count). The standard InChI is InChI=1S/C15H25NO4/c1-20-8-7-13(15(18)19)16-14(17)12-9-11(12)10-5-3-2-4-6-10/h10-13H,2-9H2,1H3,(H,16,17)(H,18,19). The van der Waals surface area contributed by atoms with Crippen molar-refractivity contribution in [1.82, 2.24) is 5.32 Å². The van der Waals surface area contributed by atoms with E-state index in [9.17, 15) is 9.59 Å². The van der Waals surface area contributed by atoms with Crippen LogP contribution in [0.4, 0.5) is 0 Å². The first-order chi connectivity index (χ1) is 9.63. The van der Waals surface area contributed by atoms with Gasteiger partial charge in [0.25, 0.3) is 0 Å². The van der Waals surface area contributed by atoms with Gasteiger partial charge in [-0.3, -0.25) is 4.79 Å². The van der Waals surface area contributed by atoms with E-state index in [1.807, 2.05) is 0 Å². The number of nitrogens with one attached hydrogen (secondary N) is 1. The zero-order valence-corrected chi connectivity index (χ0v) is 12.1. The average molecular weight is 283 g/mol. The van der Waals surface area contributed by atoms with Gasteiger partial charge in [0.2, 0.25) is 5.91 Å². The minimum atomic E-state index is -0.981. The van der Waals surface area contributed by atoms with E-state index in [1.165, 1.54) is 39.2 Å². The Kier molecular flexibility index (Phi) is 5.40. The molecule has 2 aliphatic carbocycles. The number of carbonyl (C=O) groups excluding carboxylic acids is 1. The van der Waals surface area contributed by atoms with Gasteiger partial charge in [-0.25, -0.2) is 4.79 Å². The summed E-state index contributed by atoms with van der Waals surface area (Å²) < 4.78 is 4.88. The first kappa shape index (κ1) is 15.3. The highest BCUT2D eigenvalue weighted by atomic mass is 16.5. The highest BCUT2D eigenvalue weighted by molar-refractivity contribution is 5.86. The highest BCUT2D eigenvalue weighted by Gasteiger charge is 2.47. The number of hydrogen-bond donors (Lipinski definition) is 2. The van der Waals surface area contributed by atoms with Crippen molar-refractivity contribution in [2.24, 2.45) is 17.8 Å². The van der Waals surface area contributed by atoms with Gasteiger partial charge in [-0.2, -0.15) is 0 Å². The van der Waals surface area contributed by atoms with E-state index in [0.717, 1.165) is 6.42 Å². The maximum absolute atomic E-state index is 12.1. The molecule has 0 aliphatic heterocycles. The third-order valence-electron chi connectivity index (χ3n) is 4.66. The number of methoxy groups -OCH3 is 1. The number of carboxylic acids is 1. The Morgan fingerprint density at radius 2 is 2.00 bits per heavy atom. The molecular formula is C15H25NO4. The zero-order valence-electron chi connectivity index (χ0n) is 12.1. The van der Waals surface area contributed by atoms with Crippen molar-refractivity contribution in [3.8, 4) is 0 Å². The van der Waals surface area contributed by atoms with E-state index >= 15 is 0 Å². The molecule has 3 unspecified atom stereocenters. The molecule has 0 aromatic heterocycles. The second-order valence-electron chi connectivity index (χ2n) is 6.09. The predicted octanol–water partition coefficient (Wildman–Crippen LogP) is 1.81. The summed E-state index contributed by atoms with van der Waals surface area (Å²) in [6, 6.07) is -0.824. The van der Waals surface area contributed by atoms with Crippen molar-refractivity contribution < 1.29 is 19.4 Å². The van der Waals surface area contributed by atoms with Crippen LogP contribution in [0.1, 0.15) is 44.9 Å². The van der Waals surface area contributed by atoms with Gasteiger partial charge in [0.15, 0.2) is 0 Å². The molecule has 2 fully saturated rings. The topological polar surface area (TPSA) is 75.6 Å². The number of aliphatic carboxylic acids is 1. The number of rotatable bonds is 7. The molecule has 0 radical (unpaired) electrons. The first-order valence-corrected chi connectivity index (χ1v) is 7.65. The molecule has 2 saturated carbocycles. The van der Waals surface area contributed by atoms with Crippen LogP contribution >= 0.6 is 0 Å². The van der Waals surface area contributed by atoms with E-state index in [4.69, 9.17) is 9.84 Å². The molecule has 1 amide bonds. The van der Waals surface area contributed by atoms with Crippen molar-refractivity contribution in [3.05, 3.63) is 0 Å². The normalized spacial score (nSPS) is 27.9. The summed E-state index contributed by atoms with van der Waals surface area (Å²) in [6.45, 7) is 0.341. The van der Waals surface area contributed by atoms with Crippen LogP contribution in [-0.2, 0) is 14.3 Å². The Morgan fingerprint density at radius 1 is 1.30 bits per heavy atom. The number of carbonyl (C=O) groups is 2. The van der Waals surface area contributed by atoms with Gasteiger partial charge < -0.3 is 15.2 Å². The van der Waals surface area contributed by atoms with Gasteiger partial charge in [-0.15, -0.1) is 0 Å². The van der Waals surface area contributed by atoms with E-state index in [1.54, 1.807) is 0 Å². The quantitative estimate of drug-likeness (QED) is 0.747. The van der Waals surface area contributed by atoms with Crippen molar-refractivity contribution >= 4 is 11.9 Å². The molecule has 5 nitrogen and oxygen atoms in total. The van der Waals surface area contributed by atoms with Crippen LogP contribution in [-0.4, -0.2) is 36.7 Å². The largest absolute Gasteiger partial charge is 0.480 e. The summed E-state index contributed by atoms with van der Waals surface area (Å²) in [5, 5.41) is 11.8. The second-order valence-corrected chi connectivity index (χ2v) is 6.09. The summed E-state index contributed by atoms with van der Waals surface area (Å²) >= 11 is 0. The molecule has 20 heavy (non-hydrogen) atoms. The van der Waals surface area contributed by atoms with E-state index in [-0.39, 0.29) is 11.8 Å². The molecule has 0 heterocycles. The summed E-state index contributed by atoms with van der Waals surface area (Å²) in [5.74, 6) is 0.158. The molecule has 2 aliphatic rings.